The summed E-state index contributed by atoms with van der Waals surface area (Å²) in [5, 5.41) is 5.54. The predicted octanol–water partition coefficient (Wildman–Crippen LogP) is 2.19. The molecule has 1 aromatic carbocycles. The van der Waals surface area contributed by atoms with Crippen LogP contribution in [0.2, 0.25) is 0 Å². The predicted molar refractivity (Wildman–Crippen MR) is 119 cm³/mol. The zero-order valence-electron chi connectivity index (χ0n) is 18.0. The Hall–Kier alpha value is -3.95. The van der Waals surface area contributed by atoms with Crippen molar-refractivity contribution < 1.29 is 18.4 Å². The van der Waals surface area contributed by atoms with E-state index < -0.39 is 17.6 Å². The molecule has 6 N–H and O–H groups in total. The number of nitrogens with one attached hydrogen (secondary N) is 2. The third-order valence-corrected chi connectivity index (χ3v) is 5.77. The van der Waals surface area contributed by atoms with E-state index in [-0.39, 0.29) is 46.7 Å². The van der Waals surface area contributed by atoms with Crippen LogP contribution < -0.4 is 22.1 Å². The van der Waals surface area contributed by atoms with Gasteiger partial charge in [0.25, 0.3) is 5.91 Å². The highest BCUT2D eigenvalue weighted by molar-refractivity contribution is 6.03. The van der Waals surface area contributed by atoms with Gasteiger partial charge < -0.3 is 27.0 Å². The van der Waals surface area contributed by atoms with Crippen molar-refractivity contribution in [3.05, 3.63) is 70.8 Å². The number of hydrogen-bond acceptors (Lipinski definition) is 6. The molecule has 10 heteroatoms. The van der Waals surface area contributed by atoms with Gasteiger partial charge in [0.05, 0.1) is 40.7 Å². The lowest BCUT2D eigenvalue weighted by Crippen LogP contribution is -2.28. The van der Waals surface area contributed by atoms with Crippen molar-refractivity contribution in [3.63, 3.8) is 0 Å². The fourth-order valence-corrected chi connectivity index (χ4v) is 4.06. The SMILES string of the molecule is CCN1CCC(/C(N)=C/C=C(\N)Nc2cc(-c3c(F)cccc3F)nc3c2C(=O)NC3)C1=O. The second-order valence-corrected chi connectivity index (χ2v) is 7.83. The number of benzene rings is 1. The fourth-order valence-electron chi connectivity index (χ4n) is 4.06. The number of pyridine rings is 1. The van der Waals surface area contributed by atoms with Gasteiger partial charge in [-0.25, -0.2) is 13.8 Å². The lowest BCUT2D eigenvalue weighted by molar-refractivity contribution is -0.129. The Morgan fingerprint density at radius 1 is 1.24 bits per heavy atom. The summed E-state index contributed by atoms with van der Waals surface area (Å²) in [6.07, 6.45) is 3.66. The van der Waals surface area contributed by atoms with Gasteiger partial charge in [-0.3, -0.25) is 9.59 Å². The molecule has 4 rings (SSSR count). The van der Waals surface area contributed by atoms with E-state index in [0.29, 0.717) is 30.9 Å². The lowest BCUT2D eigenvalue weighted by Gasteiger charge is -2.14. The maximum Gasteiger partial charge on any atom is 0.255 e. The molecule has 0 bridgehead atoms. The van der Waals surface area contributed by atoms with Crippen molar-refractivity contribution in [2.45, 2.75) is 19.9 Å². The molecule has 3 heterocycles. The van der Waals surface area contributed by atoms with Crippen molar-refractivity contribution in [1.82, 2.24) is 15.2 Å². The highest BCUT2D eigenvalue weighted by Crippen LogP contribution is 2.32. The van der Waals surface area contributed by atoms with Gasteiger partial charge in [0.2, 0.25) is 5.91 Å². The van der Waals surface area contributed by atoms with Crippen molar-refractivity contribution in [2.24, 2.45) is 17.4 Å². The minimum Gasteiger partial charge on any atom is -0.401 e. The smallest absolute Gasteiger partial charge is 0.255 e. The van der Waals surface area contributed by atoms with E-state index in [9.17, 15) is 18.4 Å². The maximum atomic E-state index is 14.3. The number of nitrogens with zero attached hydrogens (tertiary/aromatic N) is 2. The number of likely N-dealkylation sites (tertiary alicyclic amines) is 1. The standard InChI is InChI=1S/C23H24F2N6O2/c1-2-31-9-8-12(23(31)33)15(26)6-7-19(27)30-17-10-16(20-13(24)4-3-5-14(20)25)29-18-11-28-22(32)21(17)18/h3-7,10,12H,2,8-9,11,26-27H2,1H3,(H,28,32)(H,29,30)/b15-6-,19-7+. The van der Waals surface area contributed by atoms with Gasteiger partial charge in [-0.1, -0.05) is 6.07 Å². The van der Waals surface area contributed by atoms with Crippen LogP contribution in [0.15, 0.2) is 47.9 Å². The summed E-state index contributed by atoms with van der Waals surface area (Å²) >= 11 is 0. The second kappa shape index (κ2) is 8.89. The van der Waals surface area contributed by atoms with E-state index in [1.807, 2.05) is 6.92 Å². The van der Waals surface area contributed by atoms with E-state index in [2.05, 4.69) is 15.6 Å². The van der Waals surface area contributed by atoms with E-state index >= 15 is 0 Å². The molecule has 1 unspecified atom stereocenters. The molecule has 0 saturated carbocycles. The number of halogens is 2. The zero-order chi connectivity index (χ0) is 23.7. The summed E-state index contributed by atoms with van der Waals surface area (Å²) in [7, 11) is 0. The number of nitrogens with two attached hydrogens (primary N) is 2. The molecule has 0 aliphatic carbocycles. The van der Waals surface area contributed by atoms with Crippen LogP contribution in [0.5, 0.6) is 0 Å². The lowest BCUT2D eigenvalue weighted by atomic mass is 10.0. The molecule has 1 fully saturated rings. The van der Waals surface area contributed by atoms with Gasteiger partial charge in [0.1, 0.15) is 17.5 Å². The first-order valence-corrected chi connectivity index (χ1v) is 10.5. The monoisotopic (exact) mass is 454 g/mol. The van der Waals surface area contributed by atoms with Gasteiger partial charge in [-0.15, -0.1) is 0 Å². The Kier molecular flexibility index (Phi) is 5.99. The van der Waals surface area contributed by atoms with Crippen LogP contribution in [-0.2, 0) is 11.3 Å². The highest BCUT2D eigenvalue weighted by Gasteiger charge is 2.32. The van der Waals surface area contributed by atoms with Crippen molar-refractivity contribution in [3.8, 4) is 11.3 Å². The highest BCUT2D eigenvalue weighted by atomic mass is 19.1. The third-order valence-electron chi connectivity index (χ3n) is 5.77. The van der Waals surface area contributed by atoms with Crippen LogP contribution in [0, 0.1) is 17.6 Å². The summed E-state index contributed by atoms with van der Waals surface area (Å²) < 4.78 is 28.7. The molecule has 33 heavy (non-hydrogen) atoms. The quantitative estimate of drug-likeness (QED) is 0.496. The van der Waals surface area contributed by atoms with Gasteiger partial charge in [0.15, 0.2) is 0 Å². The van der Waals surface area contributed by atoms with Crippen LogP contribution in [0.25, 0.3) is 11.3 Å². The number of hydrogen-bond donors (Lipinski definition) is 4. The molecule has 2 aliphatic heterocycles. The summed E-state index contributed by atoms with van der Waals surface area (Å²) in [5.41, 5.74) is 13.1. The summed E-state index contributed by atoms with van der Waals surface area (Å²) in [5.74, 6) is -2.21. The van der Waals surface area contributed by atoms with Crippen LogP contribution >= 0.6 is 0 Å². The number of aromatic nitrogens is 1. The molecule has 2 amide bonds. The van der Waals surface area contributed by atoms with E-state index in [4.69, 9.17) is 11.5 Å². The first-order valence-electron chi connectivity index (χ1n) is 10.5. The average Bonchev–Trinajstić information content (AvgIpc) is 3.34. The van der Waals surface area contributed by atoms with E-state index in [0.717, 1.165) is 12.1 Å². The first-order chi connectivity index (χ1) is 15.8. The van der Waals surface area contributed by atoms with Gasteiger partial charge in [-0.05, 0) is 43.7 Å². The Balaban J connectivity index is 1.64. The molecular formula is C23H24F2N6O2. The summed E-state index contributed by atoms with van der Waals surface area (Å²) in [6, 6.07) is 4.90. The van der Waals surface area contributed by atoms with Crippen LogP contribution in [0.3, 0.4) is 0 Å². The number of fused-ring (bicyclic) bond motifs is 1. The number of rotatable bonds is 6. The summed E-state index contributed by atoms with van der Waals surface area (Å²) in [6.45, 7) is 3.32. The normalized spacial score (nSPS) is 18.5. The molecule has 1 atom stereocenters. The Morgan fingerprint density at radius 3 is 2.64 bits per heavy atom. The molecule has 0 radical (unpaired) electrons. The molecule has 2 aliphatic rings. The first kappa shape index (κ1) is 22.3. The van der Waals surface area contributed by atoms with E-state index in [1.165, 1.54) is 18.2 Å². The minimum absolute atomic E-state index is 0.0219. The van der Waals surface area contributed by atoms with Gasteiger partial charge >= 0.3 is 0 Å². The zero-order valence-corrected chi connectivity index (χ0v) is 18.0. The maximum absolute atomic E-state index is 14.3. The average molecular weight is 454 g/mol. The van der Waals surface area contributed by atoms with Crippen molar-refractivity contribution in [1.29, 1.82) is 0 Å². The Labute approximate surface area is 189 Å². The summed E-state index contributed by atoms with van der Waals surface area (Å²) in [4.78, 5) is 30.7. The Bertz CT molecular complexity index is 1170. The molecule has 0 spiro atoms. The van der Waals surface area contributed by atoms with Crippen LogP contribution in [0.4, 0.5) is 14.5 Å². The second-order valence-electron chi connectivity index (χ2n) is 7.83. The molecule has 1 saturated heterocycles. The fraction of sp³-hybridized carbons (Fsp3) is 0.261. The third kappa shape index (κ3) is 4.23. The number of amides is 2. The van der Waals surface area contributed by atoms with Gasteiger partial charge in [0, 0.05) is 18.8 Å². The van der Waals surface area contributed by atoms with Crippen LogP contribution in [-0.4, -0.2) is 34.8 Å². The van der Waals surface area contributed by atoms with E-state index in [1.54, 1.807) is 11.0 Å². The number of carbonyl (C=O) groups is 2. The number of allylic oxidation sites excluding steroid dienone is 2. The number of anilines is 1. The topological polar surface area (TPSA) is 126 Å². The van der Waals surface area contributed by atoms with Crippen molar-refractivity contribution in [2.75, 3.05) is 18.4 Å². The molecule has 8 nitrogen and oxygen atoms in total. The molecule has 2 aromatic rings. The largest absolute Gasteiger partial charge is 0.401 e. The van der Waals surface area contributed by atoms with Crippen LogP contribution in [0.1, 0.15) is 29.4 Å². The molecule has 172 valence electrons. The Morgan fingerprint density at radius 2 is 1.97 bits per heavy atom. The van der Waals surface area contributed by atoms with Gasteiger partial charge in [-0.2, -0.15) is 0 Å². The number of carbonyl (C=O) groups excluding carboxylic acids is 2. The molecular weight excluding hydrogens is 430 g/mol. The van der Waals surface area contributed by atoms with Crippen molar-refractivity contribution >= 4 is 17.5 Å². The minimum atomic E-state index is -0.771. The molecule has 1 aromatic heterocycles.